The van der Waals surface area contributed by atoms with Crippen molar-refractivity contribution < 1.29 is 32.2 Å². The van der Waals surface area contributed by atoms with E-state index in [0.29, 0.717) is 51.2 Å². The second kappa shape index (κ2) is 14.1. The SMILES string of the molecule is COc1cc2ncnc(Nc3nc4ccc(NC(=O)Nc5ccc(Cl)c(C(F)(F)F)c5)cc4s3)c2cc1OCCCN1CCOCC1. The summed E-state index contributed by atoms with van der Waals surface area (Å²) in [5, 5.41) is 9.11. The molecule has 1 saturated heterocycles. The summed E-state index contributed by atoms with van der Waals surface area (Å²) in [5.74, 6) is 1.66. The van der Waals surface area contributed by atoms with E-state index in [1.54, 1.807) is 31.4 Å². The monoisotopic (exact) mass is 687 g/mol. The van der Waals surface area contributed by atoms with Gasteiger partial charge < -0.3 is 30.2 Å². The van der Waals surface area contributed by atoms with Crippen LogP contribution in [-0.4, -0.2) is 72.4 Å². The molecule has 6 rings (SSSR count). The van der Waals surface area contributed by atoms with Crippen LogP contribution < -0.4 is 25.4 Å². The van der Waals surface area contributed by atoms with Crippen molar-refractivity contribution in [2.75, 3.05) is 62.5 Å². The number of benzene rings is 3. The number of carbonyl (C=O) groups is 1. The molecule has 1 aliphatic heterocycles. The number of hydrogen-bond donors (Lipinski definition) is 3. The summed E-state index contributed by atoms with van der Waals surface area (Å²) in [7, 11) is 1.58. The van der Waals surface area contributed by atoms with Gasteiger partial charge in [-0.15, -0.1) is 0 Å². The van der Waals surface area contributed by atoms with Crippen molar-refractivity contribution in [3.8, 4) is 11.5 Å². The molecule has 1 fully saturated rings. The molecular weight excluding hydrogens is 659 g/mol. The van der Waals surface area contributed by atoms with Gasteiger partial charge in [0, 0.05) is 42.5 Å². The average molecular weight is 688 g/mol. The number of thiazole rings is 1. The molecule has 5 aromatic rings. The third-order valence-electron chi connectivity index (χ3n) is 7.30. The molecule has 16 heteroatoms. The zero-order chi connectivity index (χ0) is 33.0. The highest BCUT2D eigenvalue weighted by atomic mass is 35.5. The van der Waals surface area contributed by atoms with Crippen LogP contribution in [0, 0.1) is 0 Å². The summed E-state index contributed by atoms with van der Waals surface area (Å²) in [6.07, 6.45) is -2.36. The number of halogens is 4. The van der Waals surface area contributed by atoms with Crippen LogP contribution in [0.2, 0.25) is 5.02 Å². The predicted molar refractivity (Wildman–Crippen MR) is 175 cm³/mol. The highest BCUT2D eigenvalue weighted by molar-refractivity contribution is 7.22. The van der Waals surface area contributed by atoms with Gasteiger partial charge in [0.05, 0.1) is 53.2 Å². The predicted octanol–water partition coefficient (Wildman–Crippen LogP) is 7.41. The van der Waals surface area contributed by atoms with Gasteiger partial charge in [-0.3, -0.25) is 4.90 Å². The number of fused-ring (bicyclic) bond motifs is 2. The van der Waals surface area contributed by atoms with E-state index < -0.39 is 22.8 Å². The molecule has 0 radical (unpaired) electrons. The topological polar surface area (TPSA) is 123 Å². The molecule has 0 unspecified atom stereocenters. The third-order valence-corrected chi connectivity index (χ3v) is 8.57. The van der Waals surface area contributed by atoms with Crippen LogP contribution in [0.4, 0.5) is 40.3 Å². The van der Waals surface area contributed by atoms with E-state index in [9.17, 15) is 18.0 Å². The smallest absolute Gasteiger partial charge is 0.417 e. The number of ether oxygens (including phenoxy) is 3. The lowest BCUT2D eigenvalue weighted by Gasteiger charge is -2.26. The second-order valence-corrected chi connectivity index (χ2v) is 11.9. The maximum atomic E-state index is 13.2. The van der Waals surface area contributed by atoms with E-state index in [0.717, 1.165) is 56.1 Å². The zero-order valence-corrected chi connectivity index (χ0v) is 26.6. The number of nitrogens with zero attached hydrogens (tertiary/aromatic N) is 4. The molecule has 246 valence electrons. The quantitative estimate of drug-likeness (QED) is 0.129. The van der Waals surface area contributed by atoms with Crippen LogP contribution in [0.25, 0.3) is 21.1 Å². The van der Waals surface area contributed by atoms with E-state index in [2.05, 4.69) is 35.8 Å². The number of alkyl halides is 3. The molecule has 0 saturated carbocycles. The summed E-state index contributed by atoms with van der Waals surface area (Å²) >= 11 is 7.00. The summed E-state index contributed by atoms with van der Waals surface area (Å²) in [6, 6.07) is 11.2. The molecule has 0 bridgehead atoms. The van der Waals surface area contributed by atoms with Gasteiger partial charge in [-0.05, 0) is 48.9 Å². The lowest BCUT2D eigenvalue weighted by atomic mass is 10.2. The largest absolute Gasteiger partial charge is 0.493 e. The summed E-state index contributed by atoms with van der Waals surface area (Å²) in [5.41, 5.74) is 0.648. The summed E-state index contributed by atoms with van der Waals surface area (Å²) in [6.45, 7) is 4.77. The fourth-order valence-electron chi connectivity index (χ4n) is 5.00. The molecule has 3 N–H and O–H groups in total. The van der Waals surface area contributed by atoms with E-state index in [1.807, 2.05) is 6.07 Å². The summed E-state index contributed by atoms with van der Waals surface area (Å²) in [4.78, 5) is 28.4. The Morgan fingerprint density at radius 1 is 1.02 bits per heavy atom. The van der Waals surface area contributed by atoms with Crippen LogP contribution in [-0.2, 0) is 10.9 Å². The standard InChI is InChI=1S/C31H29ClF3N7O4S/c1-44-25-16-24-20(15-26(25)46-10-2-7-42-8-11-45-12-9-42)28(37-17-36-24)41-30-40-23-6-4-19(14-27(23)47-30)39-29(43)38-18-3-5-22(32)21(13-18)31(33,34)35/h3-6,13-17H,2,7-12H2,1H3,(H2,38,39,43)(H,36,37,40,41). The first kappa shape index (κ1) is 32.5. The Labute approximate surface area is 276 Å². The molecule has 2 amide bonds. The highest BCUT2D eigenvalue weighted by Gasteiger charge is 2.33. The molecule has 3 aromatic carbocycles. The molecule has 0 spiro atoms. The maximum Gasteiger partial charge on any atom is 0.417 e. The number of anilines is 4. The Morgan fingerprint density at radius 3 is 2.55 bits per heavy atom. The van der Waals surface area contributed by atoms with E-state index in [4.69, 9.17) is 25.8 Å². The van der Waals surface area contributed by atoms with Gasteiger partial charge in [0.15, 0.2) is 16.6 Å². The average Bonchev–Trinajstić information content (AvgIpc) is 3.45. The number of methoxy groups -OCH3 is 1. The van der Waals surface area contributed by atoms with Crippen molar-refractivity contribution in [1.29, 1.82) is 0 Å². The number of nitrogens with one attached hydrogen (secondary N) is 3. The van der Waals surface area contributed by atoms with E-state index in [-0.39, 0.29) is 5.69 Å². The minimum atomic E-state index is -4.65. The van der Waals surface area contributed by atoms with Crippen molar-refractivity contribution in [2.24, 2.45) is 0 Å². The van der Waals surface area contributed by atoms with E-state index >= 15 is 0 Å². The number of rotatable bonds is 10. The minimum absolute atomic E-state index is 0.0548. The normalized spacial score (nSPS) is 13.9. The molecule has 0 aliphatic carbocycles. The van der Waals surface area contributed by atoms with Gasteiger partial charge in [0.1, 0.15) is 12.1 Å². The maximum absolute atomic E-state index is 13.2. The van der Waals surface area contributed by atoms with Gasteiger partial charge in [-0.25, -0.2) is 19.7 Å². The number of aromatic nitrogens is 3. The Kier molecular flexibility index (Phi) is 9.77. The van der Waals surface area contributed by atoms with Crippen molar-refractivity contribution in [1.82, 2.24) is 19.9 Å². The third kappa shape index (κ3) is 7.93. The first-order valence-electron chi connectivity index (χ1n) is 14.5. The first-order chi connectivity index (χ1) is 22.7. The van der Waals surface area contributed by atoms with Crippen LogP contribution >= 0.6 is 22.9 Å². The summed E-state index contributed by atoms with van der Waals surface area (Å²) < 4.78 is 57.4. The fourth-order valence-corrected chi connectivity index (χ4v) is 6.13. The molecule has 11 nitrogen and oxygen atoms in total. The van der Waals surface area contributed by atoms with Gasteiger partial charge >= 0.3 is 12.2 Å². The van der Waals surface area contributed by atoms with Crippen molar-refractivity contribution in [3.63, 3.8) is 0 Å². The van der Waals surface area contributed by atoms with Crippen LogP contribution in [0.5, 0.6) is 11.5 Å². The number of amides is 2. The zero-order valence-electron chi connectivity index (χ0n) is 25.0. The van der Waals surface area contributed by atoms with Gasteiger partial charge in [0.25, 0.3) is 0 Å². The lowest BCUT2D eigenvalue weighted by Crippen LogP contribution is -2.37. The highest BCUT2D eigenvalue weighted by Crippen LogP contribution is 2.38. The van der Waals surface area contributed by atoms with E-state index in [1.165, 1.54) is 23.7 Å². The lowest BCUT2D eigenvalue weighted by molar-refractivity contribution is -0.137. The number of carbonyl (C=O) groups excluding carboxylic acids is 1. The fraction of sp³-hybridized carbons (Fsp3) is 0.290. The molecule has 3 heterocycles. The minimum Gasteiger partial charge on any atom is -0.493 e. The van der Waals surface area contributed by atoms with Gasteiger partial charge in [0.2, 0.25) is 0 Å². The number of urea groups is 1. The van der Waals surface area contributed by atoms with Crippen molar-refractivity contribution in [3.05, 3.63) is 65.4 Å². The van der Waals surface area contributed by atoms with Crippen molar-refractivity contribution in [2.45, 2.75) is 12.6 Å². The number of hydrogen-bond acceptors (Lipinski definition) is 10. The molecule has 1 aliphatic rings. The van der Waals surface area contributed by atoms with Crippen molar-refractivity contribution >= 4 is 72.4 Å². The Morgan fingerprint density at radius 2 is 1.79 bits per heavy atom. The molecule has 2 aromatic heterocycles. The van der Waals surface area contributed by atoms with Gasteiger partial charge in [-0.1, -0.05) is 22.9 Å². The Bertz CT molecular complexity index is 1900. The second-order valence-electron chi connectivity index (χ2n) is 10.5. The van der Waals surface area contributed by atoms with Crippen LogP contribution in [0.3, 0.4) is 0 Å². The Balaban J connectivity index is 1.14. The van der Waals surface area contributed by atoms with Crippen LogP contribution in [0.15, 0.2) is 54.9 Å². The van der Waals surface area contributed by atoms with Crippen LogP contribution in [0.1, 0.15) is 12.0 Å². The molecule has 0 atom stereocenters. The molecular formula is C31H29ClF3N7O4S. The Hall–Kier alpha value is -4.44. The van der Waals surface area contributed by atoms with Gasteiger partial charge in [-0.2, -0.15) is 13.2 Å². The molecule has 47 heavy (non-hydrogen) atoms. The number of morpholine rings is 1. The first-order valence-corrected chi connectivity index (χ1v) is 15.7.